The van der Waals surface area contributed by atoms with Crippen LogP contribution in [0.1, 0.15) is 17.5 Å². The first kappa shape index (κ1) is 20.1. The average molecular weight is 431 g/mol. The smallest absolute Gasteiger partial charge is 0.332 e. The third-order valence-corrected chi connectivity index (χ3v) is 6.18. The molecule has 0 aliphatic carbocycles. The molecule has 0 N–H and O–H groups in total. The van der Waals surface area contributed by atoms with Gasteiger partial charge in [0.05, 0.1) is 19.3 Å². The Balaban J connectivity index is 1.72. The summed E-state index contributed by atoms with van der Waals surface area (Å²) in [6, 6.07) is 15.5. The second-order valence-electron chi connectivity index (χ2n) is 8.07. The molecule has 0 atom stereocenters. The summed E-state index contributed by atoms with van der Waals surface area (Å²) in [5.41, 5.74) is 3.04. The van der Waals surface area contributed by atoms with Gasteiger partial charge < -0.3 is 14.2 Å². The maximum Gasteiger partial charge on any atom is 0.332 e. The molecule has 2 aromatic carbocycles. The van der Waals surface area contributed by atoms with E-state index in [0.29, 0.717) is 23.7 Å². The van der Waals surface area contributed by atoms with Gasteiger partial charge in [-0.3, -0.25) is 13.9 Å². The van der Waals surface area contributed by atoms with Gasteiger partial charge in [-0.1, -0.05) is 36.4 Å². The van der Waals surface area contributed by atoms with Crippen LogP contribution in [0.5, 0.6) is 5.75 Å². The highest BCUT2D eigenvalue weighted by atomic mass is 16.5. The van der Waals surface area contributed by atoms with Gasteiger partial charge in [-0.2, -0.15) is 4.98 Å². The molecule has 0 amide bonds. The summed E-state index contributed by atoms with van der Waals surface area (Å²) in [6.07, 6.45) is 0.844. The molecule has 2 aromatic heterocycles. The quantitative estimate of drug-likeness (QED) is 0.497. The number of aryl methyl sites for hydroxylation is 3. The summed E-state index contributed by atoms with van der Waals surface area (Å²) in [7, 11) is 3.31. The molecule has 0 bridgehead atoms. The van der Waals surface area contributed by atoms with E-state index in [0.717, 1.165) is 35.5 Å². The second-order valence-corrected chi connectivity index (χ2v) is 8.07. The zero-order valence-electron chi connectivity index (χ0n) is 18.4. The molecule has 0 saturated heterocycles. The number of benzene rings is 2. The lowest BCUT2D eigenvalue weighted by molar-refractivity contribution is 0.414. The minimum atomic E-state index is -0.370. The Kier molecular flexibility index (Phi) is 4.84. The Morgan fingerprint density at radius 3 is 2.56 bits per heavy atom. The van der Waals surface area contributed by atoms with E-state index in [2.05, 4.69) is 4.90 Å². The summed E-state index contributed by atoms with van der Waals surface area (Å²) in [5.74, 6) is 1.38. The van der Waals surface area contributed by atoms with Crippen LogP contribution in [0.4, 0.5) is 11.6 Å². The molecule has 32 heavy (non-hydrogen) atoms. The molecular weight excluding hydrogens is 406 g/mol. The minimum Gasteiger partial charge on any atom is -0.495 e. The van der Waals surface area contributed by atoms with E-state index in [1.165, 1.54) is 9.13 Å². The molecule has 164 valence electrons. The van der Waals surface area contributed by atoms with Crippen LogP contribution in [0.3, 0.4) is 0 Å². The highest BCUT2D eigenvalue weighted by molar-refractivity contribution is 5.78. The number of methoxy groups -OCH3 is 1. The van der Waals surface area contributed by atoms with Crippen LogP contribution >= 0.6 is 0 Å². The van der Waals surface area contributed by atoms with Crippen molar-refractivity contribution in [2.75, 3.05) is 18.6 Å². The maximum atomic E-state index is 13.6. The van der Waals surface area contributed by atoms with Crippen molar-refractivity contribution in [1.29, 1.82) is 0 Å². The Hall–Kier alpha value is -3.81. The topological polar surface area (TPSA) is 74.3 Å². The van der Waals surface area contributed by atoms with Crippen molar-refractivity contribution in [3.63, 3.8) is 0 Å². The molecule has 8 heteroatoms. The lowest BCUT2D eigenvalue weighted by atomic mass is 10.1. The van der Waals surface area contributed by atoms with Crippen molar-refractivity contribution in [2.45, 2.75) is 26.4 Å². The van der Waals surface area contributed by atoms with E-state index >= 15 is 0 Å². The molecule has 0 radical (unpaired) electrons. The number of imidazole rings is 1. The fraction of sp³-hybridized carbons (Fsp3) is 0.292. The van der Waals surface area contributed by atoms with E-state index in [1.807, 2.05) is 60.0 Å². The minimum absolute atomic E-state index is 0.227. The Bertz CT molecular complexity index is 1450. The van der Waals surface area contributed by atoms with Crippen molar-refractivity contribution in [3.8, 4) is 5.75 Å². The Labute approximate surface area is 184 Å². The Morgan fingerprint density at radius 2 is 1.78 bits per heavy atom. The van der Waals surface area contributed by atoms with Gasteiger partial charge >= 0.3 is 5.69 Å². The van der Waals surface area contributed by atoms with E-state index in [-0.39, 0.29) is 17.8 Å². The number of hydrogen-bond acceptors (Lipinski definition) is 5. The summed E-state index contributed by atoms with van der Waals surface area (Å²) in [5, 5.41) is 0. The molecular formula is C24H25N5O3. The summed E-state index contributed by atoms with van der Waals surface area (Å²) >= 11 is 0. The highest BCUT2D eigenvalue weighted by Crippen LogP contribution is 2.36. The summed E-state index contributed by atoms with van der Waals surface area (Å²) < 4.78 is 10.3. The number of hydrogen-bond donors (Lipinski definition) is 0. The van der Waals surface area contributed by atoms with Crippen molar-refractivity contribution in [3.05, 3.63) is 80.5 Å². The summed E-state index contributed by atoms with van der Waals surface area (Å²) in [6.45, 7) is 3.62. The fourth-order valence-corrected chi connectivity index (χ4v) is 4.44. The lowest BCUT2D eigenvalue weighted by Crippen LogP contribution is -2.40. The fourth-order valence-electron chi connectivity index (χ4n) is 4.44. The molecule has 0 saturated carbocycles. The highest BCUT2D eigenvalue weighted by Gasteiger charge is 2.28. The van der Waals surface area contributed by atoms with E-state index in [1.54, 1.807) is 14.2 Å². The molecule has 1 aliphatic rings. The standard InChI is InChI=1S/C24H25N5O3/c1-16-9-4-5-10-17(16)15-29-22(30)20-21(26(2)24(29)31)25-23-27(13-8-14-28(20)23)18-11-6-7-12-19(18)32-3/h4-7,9-12H,8,13-15H2,1-3H3. The van der Waals surface area contributed by atoms with E-state index in [4.69, 9.17) is 9.72 Å². The molecule has 0 fully saturated rings. The molecule has 0 spiro atoms. The van der Waals surface area contributed by atoms with Crippen LogP contribution < -0.4 is 20.9 Å². The molecule has 0 unspecified atom stereocenters. The predicted octanol–water partition coefficient (Wildman–Crippen LogP) is 2.80. The normalized spacial score (nSPS) is 13.4. The number of rotatable bonds is 4. The zero-order chi connectivity index (χ0) is 22.4. The number of anilines is 2. The van der Waals surface area contributed by atoms with Gasteiger partial charge in [0, 0.05) is 20.1 Å². The van der Waals surface area contributed by atoms with Crippen LogP contribution in [0, 0.1) is 6.92 Å². The van der Waals surface area contributed by atoms with Crippen molar-refractivity contribution < 1.29 is 4.74 Å². The average Bonchev–Trinajstić information content (AvgIpc) is 3.21. The van der Waals surface area contributed by atoms with Gasteiger partial charge in [0.25, 0.3) is 5.56 Å². The van der Waals surface area contributed by atoms with Gasteiger partial charge in [0.1, 0.15) is 5.75 Å². The van der Waals surface area contributed by atoms with Crippen molar-refractivity contribution >= 4 is 22.8 Å². The van der Waals surface area contributed by atoms with E-state index < -0.39 is 0 Å². The maximum absolute atomic E-state index is 13.6. The zero-order valence-corrected chi connectivity index (χ0v) is 18.4. The largest absolute Gasteiger partial charge is 0.495 e. The van der Waals surface area contributed by atoms with Crippen LogP contribution in [-0.4, -0.2) is 32.3 Å². The van der Waals surface area contributed by atoms with Crippen LogP contribution in [0.25, 0.3) is 11.2 Å². The number of ether oxygens (including phenoxy) is 1. The SMILES string of the molecule is COc1ccccc1N1CCCn2c1nc1c2c(=O)n(Cc2ccccc2C)c(=O)n1C. The Morgan fingerprint density at radius 1 is 1.03 bits per heavy atom. The van der Waals surface area contributed by atoms with Gasteiger partial charge in [-0.25, -0.2) is 4.79 Å². The number of nitrogens with zero attached hydrogens (tertiary/aromatic N) is 5. The van der Waals surface area contributed by atoms with Crippen molar-refractivity contribution in [1.82, 2.24) is 18.7 Å². The first-order valence-electron chi connectivity index (χ1n) is 10.7. The lowest BCUT2D eigenvalue weighted by Gasteiger charge is -2.30. The first-order chi connectivity index (χ1) is 15.5. The number of fused-ring (bicyclic) bond motifs is 3. The van der Waals surface area contributed by atoms with Gasteiger partial charge in [-0.15, -0.1) is 0 Å². The molecule has 8 nitrogen and oxygen atoms in total. The molecule has 1 aliphatic heterocycles. The summed E-state index contributed by atoms with van der Waals surface area (Å²) in [4.78, 5) is 33.5. The van der Waals surface area contributed by atoms with Gasteiger partial charge in [-0.05, 0) is 36.6 Å². The number of aromatic nitrogens is 4. The van der Waals surface area contributed by atoms with Crippen molar-refractivity contribution in [2.24, 2.45) is 7.05 Å². The predicted molar refractivity (Wildman–Crippen MR) is 124 cm³/mol. The third-order valence-electron chi connectivity index (χ3n) is 6.18. The molecule has 4 aromatic rings. The second kappa shape index (κ2) is 7.71. The van der Waals surface area contributed by atoms with Gasteiger partial charge in [0.15, 0.2) is 11.2 Å². The van der Waals surface area contributed by atoms with Gasteiger partial charge in [0.2, 0.25) is 5.95 Å². The van der Waals surface area contributed by atoms with Crippen LogP contribution in [-0.2, 0) is 20.1 Å². The first-order valence-corrected chi connectivity index (χ1v) is 10.7. The van der Waals surface area contributed by atoms with Crippen LogP contribution in [0.15, 0.2) is 58.1 Å². The molecule has 5 rings (SSSR count). The number of para-hydroxylation sites is 2. The third kappa shape index (κ3) is 3.02. The monoisotopic (exact) mass is 431 g/mol. The molecule has 3 heterocycles. The van der Waals surface area contributed by atoms with Crippen LogP contribution in [0.2, 0.25) is 0 Å². The van der Waals surface area contributed by atoms with E-state index in [9.17, 15) is 9.59 Å².